The second-order valence-electron chi connectivity index (χ2n) is 8.61. The Morgan fingerprint density at radius 3 is 2.77 bits per heavy atom. The van der Waals surface area contributed by atoms with E-state index >= 15 is 0 Å². The van der Waals surface area contributed by atoms with Crippen LogP contribution in [0.4, 0.5) is 0 Å². The van der Waals surface area contributed by atoms with Gasteiger partial charge in [-0.15, -0.1) is 0 Å². The molecule has 4 rings (SSSR count). The van der Waals surface area contributed by atoms with E-state index in [4.69, 9.17) is 9.15 Å². The zero-order chi connectivity index (χ0) is 15.6. The Balaban J connectivity index is 1.69. The Morgan fingerprint density at radius 2 is 2.05 bits per heavy atom. The van der Waals surface area contributed by atoms with Crippen molar-refractivity contribution in [3.8, 4) is 0 Å². The van der Waals surface area contributed by atoms with Crippen molar-refractivity contribution >= 4 is 0 Å². The standard InChI is InChI=1S/C20H28O2/c1-14-6-7-16-18(2,3)9-5-10-19(16,4)20(14)17(22-20)12-15-8-11-21-13-15/h6,8,11,13,16-17H,5,7,9-10,12H2,1-4H3. The molecule has 4 unspecified atom stereocenters. The van der Waals surface area contributed by atoms with Crippen LogP contribution in [0.1, 0.15) is 58.9 Å². The molecule has 120 valence electrons. The first-order valence-corrected chi connectivity index (χ1v) is 8.76. The lowest BCUT2D eigenvalue weighted by atomic mass is 9.47. The predicted octanol–water partition coefficient (Wildman–Crippen LogP) is 5.14. The first-order valence-electron chi connectivity index (χ1n) is 8.76. The summed E-state index contributed by atoms with van der Waals surface area (Å²) in [5, 5.41) is 0. The van der Waals surface area contributed by atoms with Crippen LogP contribution in [0, 0.1) is 16.7 Å². The summed E-state index contributed by atoms with van der Waals surface area (Å²) in [4.78, 5) is 0. The van der Waals surface area contributed by atoms with Gasteiger partial charge in [0.25, 0.3) is 0 Å². The summed E-state index contributed by atoms with van der Waals surface area (Å²) >= 11 is 0. The number of ether oxygens (including phenoxy) is 1. The Hall–Kier alpha value is -1.02. The topological polar surface area (TPSA) is 25.7 Å². The molecule has 1 spiro atoms. The highest BCUT2D eigenvalue weighted by atomic mass is 16.6. The molecule has 1 aromatic heterocycles. The maximum atomic E-state index is 6.49. The van der Waals surface area contributed by atoms with Crippen LogP contribution in [0.15, 0.2) is 34.7 Å². The summed E-state index contributed by atoms with van der Waals surface area (Å²) in [6.07, 6.45) is 12.6. The first-order chi connectivity index (χ1) is 10.4. The van der Waals surface area contributed by atoms with Gasteiger partial charge in [0.2, 0.25) is 0 Å². The summed E-state index contributed by atoms with van der Waals surface area (Å²) in [5.41, 5.74) is 3.41. The molecule has 0 amide bonds. The maximum absolute atomic E-state index is 6.49. The predicted molar refractivity (Wildman–Crippen MR) is 87.6 cm³/mol. The highest BCUT2D eigenvalue weighted by molar-refractivity contribution is 5.37. The molecule has 1 aliphatic heterocycles. The Morgan fingerprint density at radius 1 is 1.23 bits per heavy atom. The summed E-state index contributed by atoms with van der Waals surface area (Å²) in [6.45, 7) is 9.72. The van der Waals surface area contributed by atoms with Gasteiger partial charge in [0.05, 0.1) is 18.6 Å². The Labute approximate surface area is 133 Å². The van der Waals surface area contributed by atoms with Crippen molar-refractivity contribution in [2.45, 2.75) is 71.5 Å². The average Bonchev–Trinajstić information content (AvgIpc) is 2.91. The van der Waals surface area contributed by atoms with E-state index < -0.39 is 0 Å². The number of epoxide rings is 1. The van der Waals surface area contributed by atoms with Gasteiger partial charge in [0.15, 0.2) is 0 Å². The third kappa shape index (κ3) is 1.76. The fourth-order valence-corrected chi connectivity index (χ4v) is 5.89. The van der Waals surface area contributed by atoms with E-state index in [-0.39, 0.29) is 11.0 Å². The minimum atomic E-state index is -0.0229. The van der Waals surface area contributed by atoms with E-state index in [2.05, 4.69) is 39.8 Å². The molecule has 2 aliphatic carbocycles. The van der Waals surface area contributed by atoms with Gasteiger partial charge < -0.3 is 9.15 Å². The average molecular weight is 300 g/mol. The van der Waals surface area contributed by atoms with Crippen LogP contribution in [0.5, 0.6) is 0 Å². The number of fused-ring (bicyclic) bond motifs is 2. The smallest absolute Gasteiger partial charge is 0.121 e. The van der Waals surface area contributed by atoms with E-state index in [1.807, 2.05) is 6.26 Å². The minimum Gasteiger partial charge on any atom is -0.472 e. The molecular weight excluding hydrogens is 272 g/mol. The van der Waals surface area contributed by atoms with Crippen LogP contribution < -0.4 is 0 Å². The zero-order valence-electron chi connectivity index (χ0n) is 14.3. The number of rotatable bonds is 2. The Kier molecular flexibility index (Phi) is 2.98. The molecule has 1 saturated heterocycles. The number of allylic oxidation sites excluding steroid dienone is 1. The van der Waals surface area contributed by atoms with Crippen molar-refractivity contribution in [2.75, 3.05) is 0 Å². The highest BCUT2D eigenvalue weighted by Crippen LogP contribution is 2.69. The molecule has 3 aliphatic rings. The van der Waals surface area contributed by atoms with Crippen LogP contribution in [0.25, 0.3) is 0 Å². The van der Waals surface area contributed by atoms with E-state index in [1.54, 1.807) is 6.26 Å². The minimum absolute atomic E-state index is 0.0229. The van der Waals surface area contributed by atoms with Gasteiger partial charge in [-0.05, 0) is 54.7 Å². The highest BCUT2D eigenvalue weighted by Gasteiger charge is 2.72. The molecule has 2 heteroatoms. The molecule has 4 atom stereocenters. The van der Waals surface area contributed by atoms with Crippen LogP contribution in [-0.2, 0) is 11.2 Å². The molecule has 1 saturated carbocycles. The fraction of sp³-hybridized carbons (Fsp3) is 0.700. The van der Waals surface area contributed by atoms with E-state index in [0.717, 1.165) is 12.3 Å². The number of hydrogen-bond donors (Lipinski definition) is 0. The normalized spacial score (nSPS) is 42.8. The van der Waals surface area contributed by atoms with E-state index in [9.17, 15) is 0 Å². The first kappa shape index (κ1) is 14.6. The van der Waals surface area contributed by atoms with E-state index in [1.165, 1.54) is 36.8 Å². The molecule has 0 N–H and O–H groups in total. The summed E-state index contributed by atoms with van der Waals surface area (Å²) < 4.78 is 11.7. The van der Waals surface area contributed by atoms with Crippen molar-refractivity contribution in [1.82, 2.24) is 0 Å². The van der Waals surface area contributed by atoms with Crippen molar-refractivity contribution < 1.29 is 9.15 Å². The lowest BCUT2D eigenvalue weighted by Gasteiger charge is -2.56. The summed E-state index contributed by atoms with van der Waals surface area (Å²) in [5.74, 6) is 0.729. The van der Waals surface area contributed by atoms with Crippen LogP contribution in [-0.4, -0.2) is 11.7 Å². The van der Waals surface area contributed by atoms with Gasteiger partial charge in [0.1, 0.15) is 5.60 Å². The van der Waals surface area contributed by atoms with Gasteiger partial charge in [-0.1, -0.05) is 33.3 Å². The molecule has 2 nitrogen and oxygen atoms in total. The Bertz CT molecular complexity index is 597. The van der Waals surface area contributed by atoms with Gasteiger partial charge >= 0.3 is 0 Å². The second-order valence-corrected chi connectivity index (χ2v) is 8.61. The van der Waals surface area contributed by atoms with Gasteiger partial charge in [0, 0.05) is 11.8 Å². The fourth-order valence-electron chi connectivity index (χ4n) is 5.89. The zero-order valence-corrected chi connectivity index (χ0v) is 14.3. The monoisotopic (exact) mass is 300 g/mol. The van der Waals surface area contributed by atoms with Crippen molar-refractivity contribution in [3.63, 3.8) is 0 Å². The lowest BCUT2D eigenvalue weighted by Crippen LogP contribution is -2.54. The molecule has 2 heterocycles. The number of hydrogen-bond acceptors (Lipinski definition) is 2. The van der Waals surface area contributed by atoms with Gasteiger partial charge in [-0.25, -0.2) is 0 Å². The van der Waals surface area contributed by atoms with Gasteiger partial charge in [-0.2, -0.15) is 0 Å². The molecule has 1 aromatic rings. The second kappa shape index (κ2) is 4.50. The largest absolute Gasteiger partial charge is 0.472 e. The SMILES string of the molecule is CC1=CCC2C(C)(C)CCCC2(C)C12OC2Cc1ccoc1. The summed E-state index contributed by atoms with van der Waals surface area (Å²) in [7, 11) is 0. The van der Waals surface area contributed by atoms with E-state index in [0.29, 0.717) is 11.5 Å². The van der Waals surface area contributed by atoms with Crippen LogP contribution in [0.3, 0.4) is 0 Å². The molecule has 22 heavy (non-hydrogen) atoms. The third-order valence-corrected chi connectivity index (χ3v) is 7.05. The van der Waals surface area contributed by atoms with Crippen molar-refractivity contribution in [2.24, 2.45) is 16.7 Å². The molecule has 0 bridgehead atoms. The van der Waals surface area contributed by atoms with Crippen molar-refractivity contribution in [3.05, 3.63) is 35.8 Å². The molecule has 0 aromatic carbocycles. The lowest BCUT2D eigenvalue weighted by molar-refractivity contribution is -0.0501. The quantitative estimate of drug-likeness (QED) is 0.558. The third-order valence-electron chi connectivity index (χ3n) is 7.05. The maximum Gasteiger partial charge on any atom is 0.121 e. The van der Waals surface area contributed by atoms with Crippen LogP contribution >= 0.6 is 0 Å². The summed E-state index contributed by atoms with van der Waals surface area (Å²) in [6, 6.07) is 2.07. The molecular formula is C20H28O2. The van der Waals surface area contributed by atoms with Crippen molar-refractivity contribution in [1.29, 1.82) is 0 Å². The molecule has 0 radical (unpaired) electrons. The van der Waals surface area contributed by atoms with Gasteiger partial charge in [-0.3, -0.25) is 0 Å². The number of furan rings is 1. The van der Waals surface area contributed by atoms with Crippen LogP contribution in [0.2, 0.25) is 0 Å². The molecule has 2 fully saturated rings.